The van der Waals surface area contributed by atoms with Crippen molar-refractivity contribution in [3.05, 3.63) is 21.6 Å². The lowest BCUT2D eigenvalue weighted by Gasteiger charge is -2.09. The van der Waals surface area contributed by atoms with Gasteiger partial charge in [-0.05, 0) is 12.8 Å². The van der Waals surface area contributed by atoms with Crippen LogP contribution in [0.3, 0.4) is 0 Å². The van der Waals surface area contributed by atoms with Crippen LogP contribution < -0.4 is 10.9 Å². The number of anilines is 1. The first kappa shape index (κ1) is 14.9. The standard InChI is InChI=1S/C11H18ClN3O3/c1-18-7-5-15-11(17)10(12)9(8-14-15)13-4-2-3-6-16/h8,13,16H,2-7H2,1H3. The number of unbranched alkanes of at least 4 members (excludes halogenated alkanes) is 1. The van der Waals surface area contributed by atoms with Crippen LogP contribution in [0.25, 0.3) is 0 Å². The van der Waals surface area contributed by atoms with Crippen LogP contribution in [-0.2, 0) is 11.3 Å². The molecule has 1 aromatic rings. The molecule has 1 heterocycles. The van der Waals surface area contributed by atoms with E-state index < -0.39 is 0 Å². The van der Waals surface area contributed by atoms with Crippen LogP contribution in [0, 0.1) is 0 Å². The van der Waals surface area contributed by atoms with Crippen molar-refractivity contribution in [2.45, 2.75) is 19.4 Å². The van der Waals surface area contributed by atoms with Gasteiger partial charge in [0.2, 0.25) is 0 Å². The number of nitrogens with one attached hydrogen (secondary N) is 1. The summed E-state index contributed by atoms with van der Waals surface area (Å²) in [6, 6.07) is 0. The average molecular weight is 276 g/mol. The maximum absolute atomic E-state index is 11.8. The van der Waals surface area contributed by atoms with Crippen molar-refractivity contribution in [2.75, 3.05) is 32.2 Å². The molecule has 0 fully saturated rings. The van der Waals surface area contributed by atoms with Gasteiger partial charge in [0, 0.05) is 20.3 Å². The summed E-state index contributed by atoms with van der Waals surface area (Å²) >= 11 is 5.96. The molecule has 0 saturated carbocycles. The number of hydrogen-bond acceptors (Lipinski definition) is 5. The summed E-state index contributed by atoms with van der Waals surface area (Å²) in [5.74, 6) is 0. The van der Waals surface area contributed by atoms with Crippen molar-refractivity contribution >= 4 is 17.3 Å². The smallest absolute Gasteiger partial charge is 0.287 e. The van der Waals surface area contributed by atoms with Crippen LogP contribution in [0.1, 0.15) is 12.8 Å². The summed E-state index contributed by atoms with van der Waals surface area (Å²) in [5, 5.41) is 15.8. The molecule has 0 aromatic carbocycles. The minimum absolute atomic E-state index is 0.130. The molecule has 0 radical (unpaired) electrons. The van der Waals surface area contributed by atoms with Crippen molar-refractivity contribution in [3.63, 3.8) is 0 Å². The molecule has 18 heavy (non-hydrogen) atoms. The zero-order chi connectivity index (χ0) is 13.4. The van der Waals surface area contributed by atoms with E-state index in [4.69, 9.17) is 21.4 Å². The third-order valence-electron chi connectivity index (χ3n) is 2.39. The van der Waals surface area contributed by atoms with Crippen molar-refractivity contribution in [2.24, 2.45) is 0 Å². The molecule has 102 valence electrons. The number of aliphatic hydroxyl groups is 1. The van der Waals surface area contributed by atoms with Gasteiger partial charge in [-0.25, -0.2) is 4.68 Å². The first-order valence-corrected chi connectivity index (χ1v) is 6.17. The lowest BCUT2D eigenvalue weighted by atomic mass is 10.3. The van der Waals surface area contributed by atoms with Gasteiger partial charge in [0.1, 0.15) is 5.02 Å². The Hall–Kier alpha value is -1.11. The van der Waals surface area contributed by atoms with Crippen LogP contribution in [0.5, 0.6) is 0 Å². The van der Waals surface area contributed by atoms with Gasteiger partial charge in [-0.15, -0.1) is 0 Å². The fourth-order valence-electron chi connectivity index (χ4n) is 1.39. The molecule has 0 unspecified atom stereocenters. The normalized spacial score (nSPS) is 10.6. The van der Waals surface area contributed by atoms with Crippen molar-refractivity contribution < 1.29 is 9.84 Å². The molecule has 0 aliphatic rings. The summed E-state index contributed by atoms with van der Waals surface area (Å²) in [4.78, 5) is 11.8. The molecule has 0 saturated heterocycles. The van der Waals surface area contributed by atoms with Crippen LogP contribution in [0.4, 0.5) is 5.69 Å². The lowest BCUT2D eigenvalue weighted by molar-refractivity contribution is 0.182. The number of aromatic nitrogens is 2. The van der Waals surface area contributed by atoms with Gasteiger partial charge < -0.3 is 15.2 Å². The summed E-state index contributed by atoms with van der Waals surface area (Å²) in [5.41, 5.74) is 0.189. The average Bonchev–Trinajstić information content (AvgIpc) is 2.38. The van der Waals surface area contributed by atoms with E-state index >= 15 is 0 Å². The summed E-state index contributed by atoms with van der Waals surface area (Å²) in [7, 11) is 1.56. The second-order valence-corrected chi connectivity index (χ2v) is 4.13. The quantitative estimate of drug-likeness (QED) is 0.684. The SMILES string of the molecule is COCCn1ncc(NCCCCO)c(Cl)c1=O. The highest BCUT2D eigenvalue weighted by Crippen LogP contribution is 2.15. The Morgan fingerprint density at radius 2 is 2.33 bits per heavy atom. The van der Waals surface area contributed by atoms with E-state index in [0.717, 1.165) is 6.42 Å². The van der Waals surface area contributed by atoms with Crippen LogP contribution in [0.2, 0.25) is 5.02 Å². The monoisotopic (exact) mass is 275 g/mol. The molecular formula is C11H18ClN3O3. The Balaban J connectivity index is 2.65. The minimum Gasteiger partial charge on any atom is -0.396 e. The molecule has 0 aliphatic heterocycles. The molecule has 0 amide bonds. The number of aliphatic hydroxyl groups excluding tert-OH is 1. The summed E-state index contributed by atoms with van der Waals surface area (Å²) in [6.07, 6.45) is 3.04. The molecule has 0 atom stereocenters. The highest BCUT2D eigenvalue weighted by molar-refractivity contribution is 6.32. The van der Waals surface area contributed by atoms with E-state index in [0.29, 0.717) is 31.8 Å². The van der Waals surface area contributed by atoms with Crippen LogP contribution in [0.15, 0.2) is 11.0 Å². The summed E-state index contributed by atoms with van der Waals surface area (Å²) in [6.45, 7) is 1.59. The highest BCUT2D eigenvalue weighted by Gasteiger charge is 2.08. The maximum atomic E-state index is 11.8. The molecule has 6 nitrogen and oxygen atoms in total. The molecule has 0 spiro atoms. The van der Waals surface area contributed by atoms with E-state index in [9.17, 15) is 4.79 Å². The molecule has 1 rings (SSSR count). The van der Waals surface area contributed by atoms with Gasteiger partial charge in [-0.1, -0.05) is 11.6 Å². The van der Waals surface area contributed by atoms with Crippen LogP contribution in [-0.4, -0.2) is 41.8 Å². The van der Waals surface area contributed by atoms with Gasteiger partial charge >= 0.3 is 0 Å². The molecular weight excluding hydrogens is 258 g/mol. The third kappa shape index (κ3) is 4.29. The topological polar surface area (TPSA) is 76.4 Å². The van der Waals surface area contributed by atoms with E-state index in [1.807, 2.05) is 0 Å². The van der Waals surface area contributed by atoms with Crippen molar-refractivity contribution in [1.82, 2.24) is 9.78 Å². The van der Waals surface area contributed by atoms with Gasteiger partial charge in [0.15, 0.2) is 0 Å². The van der Waals surface area contributed by atoms with E-state index in [1.165, 1.54) is 10.9 Å². The summed E-state index contributed by atoms with van der Waals surface area (Å²) < 4.78 is 6.15. The lowest BCUT2D eigenvalue weighted by Crippen LogP contribution is -2.26. The Morgan fingerprint density at radius 3 is 3.00 bits per heavy atom. The molecule has 1 aromatic heterocycles. The zero-order valence-electron chi connectivity index (χ0n) is 10.4. The first-order chi connectivity index (χ1) is 8.70. The maximum Gasteiger partial charge on any atom is 0.287 e. The predicted octanol–water partition coefficient (Wildman–Crippen LogP) is 0.727. The second kappa shape index (κ2) is 8.07. The van der Waals surface area contributed by atoms with E-state index in [1.54, 1.807) is 7.11 Å². The number of ether oxygens (including phenoxy) is 1. The number of nitrogens with zero attached hydrogens (tertiary/aromatic N) is 2. The minimum atomic E-state index is -0.333. The Bertz CT molecular complexity index is 422. The first-order valence-electron chi connectivity index (χ1n) is 5.80. The number of halogens is 1. The Labute approximate surface area is 111 Å². The zero-order valence-corrected chi connectivity index (χ0v) is 11.1. The fraction of sp³-hybridized carbons (Fsp3) is 0.636. The van der Waals surface area contributed by atoms with E-state index in [2.05, 4.69) is 10.4 Å². The molecule has 2 N–H and O–H groups in total. The Morgan fingerprint density at radius 1 is 1.56 bits per heavy atom. The molecule has 7 heteroatoms. The number of hydrogen-bond donors (Lipinski definition) is 2. The Kier molecular flexibility index (Phi) is 6.70. The molecule has 0 aliphatic carbocycles. The second-order valence-electron chi connectivity index (χ2n) is 3.75. The molecule has 0 bridgehead atoms. The van der Waals surface area contributed by atoms with Crippen molar-refractivity contribution in [3.8, 4) is 0 Å². The van der Waals surface area contributed by atoms with E-state index in [-0.39, 0.29) is 17.2 Å². The van der Waals surface area contributed by atoms with Gasteiger partial charge in [0.05, 0.1) is 25.0 Å². The predicted molar refractivity (Wildman–Crippen MR) is 70.2 cm³/mol. The number of rotatable bonds is 8. The van der Waals surface area contributed by atoms with Gasteiger partial charge in [0.25, 0.3) is 5.56 Å². The van der Waals surface area contributed by atoms with Gasteiger partial charge in [-0.2, -0.15) is 5.10 Å². The largest absolute Gasteiger partial charge is 0.396 e. The van der Waals surface area contributed by atoms with Crippen molar-refractivity contribution in [1.29, 1.82) is 0 Å². The number of methoxy groups -OCH3 is 1. The fourth-order valence-corrected chi connectivity index (χ4v) is 1.60. The third-order valence-corrected chi connectivity index (χ3v) is 2.76. The van der Waals surface area contributed by atoms with Crippen LogP contribution >= 0.6 is 11.6 Å². The highest BCUT2D eigenvalue weighted by atomic mass is 35.5. The van der Waals surface area contributed by atoms with Gasteiger partial charge in [-0.3, -0.25) is 4.79 Å².